The molecule has 1 heterocycles. The summed E-state index contributed by atoms with van der Waals surface area (Å²) in [6, 6.07) is 12.7. The van der Waals surface area contributed by atoms with Gasteiger partial charge in [0.05, 0.1) is 12.8 Å². The molecule has 0 aliphatic carbocycles. The van der Waals surface area contributed by atoms with E-state index in [4.69, 9.17) is 10.5 Å². The SMILES string of the molecule is COc1ccccc1NC(=O)Cn1nnc(C(=O)Nc2ccc(C)cc2C)c1N. The molecule has 9 heteroatoms. The molecule has 1 aromatic heterocycles. The number of carbonyl (C=O) groups is 2. The maximum Gasteiger partial charge on any atom is 0.280 e. The lowest BCUT2D eigenvalue weighted by Gasteiger charge is -2.10. The van der Waals surface area contributed by atoms with Crippen LogP contribution in [0.15, 0.2) is 42.5 Å². The molecule has 150 valence electrons. The third-order valence-electron chi connectivity index (χ3n) is 4.29. The summed E-state index contributed by atoms with van der Waals surface area (Å²) in [7, 11) is 1.51. The number of anilines is 3. The van der Waals surface area contributed by atoms with E-state index in [9.17, 15) is 9.59 Å². The number of aromatic nitrogens is 3. The Morgan fingerprint density at radius 3 is 2.59 bits per heavy atom. The standard InChI is InChI=1S/C20H22N6O3/c1-12-8-9-14(13(2)10-12)23-20(28)18-19(21)26(25-24-18)11-17(27)22-15-6-4-5-7-16(15)29-3/h4-10H,11,21H2,1-3H3,(H,22,27)(H,23,28). The molecule has 2 amide bonds. The molecule has 0 bridgehead atoms. The zero-order valence-corrected chi connectivity index (χ0v) is 16.4. The number of hydrogen-bond acceptors (Lipinski definition) is 6. The maximum absolute atomic E-state index is 12.5. The van der Waals surface area contributed by atoms with Crippen LogP contribution in [0, 0.1) is 13.8 Å². The number of nitrogens with zero attached hydrogens (tertiary/aromatic N) is 3. The number of benzene rings is 2. The van der Waals surface area contributed by atoms with Crippen molar-refractivity contribution in [3.63, 3.8) is 0 Å². The first kappa shape index (κ1) is 19.9. The van der Waals surface area contributed by atoms with Crippen molar-refractivity contribution >= 4 is 29.0 Å². The second-order valence-electron chi connectivity index (χ2n) is 6.50. The van der Waals surface area contributed by atoms with Gasteiger partial charge < -0.3 is 21.1 Å². The molecule has 0 atom stereocenters. The smallest absolute Gasteiger partial charge is 0.280 e. The highest BCUT2D eigenvalue weighted by molar-refractivity contribution is 6.06. The molecule has 0 radical (unpaired) electrons. The Morgan fingerprint density at radius 2 is 1.86 bits per heavy atom. The summed E-state index contributed by atoms with van der Waals surface area (Å²) >= 11 is 0. The molecule has 2 aromatic carbocycles. The molecule has 3 rings (SSSR count). The summed E-state index contributed by atoms with van der Waals surface area (Å²) in [6.45, 7) is 3.66. The minimum absolute atomic E-state index is 0.00226. The van der Waals surface area contributed by atoms with Gasteiger partial charge in [-0.3, -0.25) is 9.59 Å². The number of para-hydroxylation sites is 2. The zero-order valence-electron chi connectivity index (χ0n) is 16.4. The lowest BCUT2D eigenvalue weighted by Crippen LogP contribution is -2.21. The first-order chi connectivity index (χ1) is 13.9. The van der Waals surface area contributed by atoms with Crippen LogP contribution >= 0.6 is 0 Å². The Morgan fingerprint density at radius 1 is 1.10 bits per heavy atom. The topological polar surface area (TPSA) is 124 Å². The molecule has 0 saturated carbocycles. The summed E-state index contributed by atoms with van der Waals surface area (Å²) in [6.07, 6.45) is 0. The van der Waals surface area contributed by atoms with E-state index < -0.39 is 5.91 Å². The highest BCUT2D eigenvalue weighted by atomic mass is 16.5. The molecule has 0 unspecified atom stereocenters. The highest BCUT2D eigenvalue weighted by Gasteiger charge is 2.20. The van der Waals surface area contributed by atoms with Crippen LogP contribution in [-0.4, -0.2) is 33.9 Å². The van der Waals surface area contributed by atoms with Gasteiger partial charge in [-0.05, 0) is 37.6 Å². The number of hydrogen-bond donors (Lipinski definition) is 3. The van der Waals surface area contributed by atoms with E-state index in [2.05, 4.69) is 20.9 Å². The number of nitrogen functional groups attached to an aromatic ring is 1. The fourth-order valence-electron chi connectivity index (χ4n) is 2.81. The zero-order chi connectivity index (χ0) is 21.0. The van der Waals surface area contributed by atoms with Crippen LogP contribution in [0.5, 0.6) is 5.75 Å². The lowest BCUT2D eigenvalue weighted by atomic mass is 10.1. The van der Waals surface area contributed by atoms with Crippen molar-refractivity contribution in [1.82, 2.24) is 15.0 Å². The average Bonchev–Trinajstić information content (AvgIpc) is 3.04. The van der Waals surface area contributed by atoms with E-state index in [1.165, 1.54) is 11.8 Å². The van der Waals surface area contributed by atoms with Crippen molar-refractivity contribution in [3.05, 3.63) is 59.3 Å². The van der Waals surface area contributed by atoms with Crippen molar-refractivity contribution in [3.8, 4) is 5.75 Å². The summed E-state index contributed by atoms with van der Waals surface area (Å²) in [5.74, 6) is -0.346. The summed E-state index contributed by atoms with van der Waals surface area (Å²) < 4.78 is 6.37. The van der Waals surface area contributed by atoms with Crippen LogP contribution < -0.4 is 21.1 Å². The molecule has 0 aliphatic rings. The first-order valence-electron chi connectivity index (χ1n) is 8.89. The lowest BCUT2D eigenvalue weighted by molar-refractivity contribution is -0.116. The number of methoxy groups -OCH3 is 1. The van der Waals surface area contributed by atoms with Gasteiger partial charge in [-0.1, -0.05) is 35.0 Å². The second kappa shape index (κ2) is 8.42. The maximum atomic E-state index is 12.5. The Kier molecular flexibility index (Phi) is 5.77. The highest BCUT2D eigenvalue weighted by Crippen LogP contribution is 2.23. The third kappa shape index (κ3) is 4.52. The van der Waals surface area contributed by atoms with E-state index in [1.54, 1.807) is 24.3 Å². The number of nitrogens with two attached hydrogens (primary N) is 1. The van der Waals surface area contributed by atoms with Gasteiger partial charge in [-0.2, -0.15) is 0 Å². The number of carbonyl (C=O) groups excluding carboxylic acids is 2. The molecule has 4 N–H and O–H groups in total. The van der Waals surface area contributed by atoms with Crippen molar-refractivity contribution in [2.75, 3.05) is 23.5 Å². The molecular formula is C20H22N6O3. The third-order valence-corrected chi connectivity index (χ3v) is 4.29. The van der Waals surface area contributed by atoms with E-state index >= 15 is 0 Å². The summed E-state index contributed by atoms with van der Waals surface area (Å²) in [5, 5.41) is 13.1. The number of aryl methyl sites for hydroxylation is 2. The van der Waals surface area contributed by atoms with Gasteiger partial charge in [0.2, 0.25) is 5.91 Å². The van der Waals surface area contributed by atoms with Gasteiger partial charge in [0.25, 0.3) is 5.91 Å². The van der Waals surface area contributed by atoms with Gasteiger partial charge in [0.1, 0.15) is 12.3 Å². The Bertz CT molecular complexity index is 1060. The minimum atomic E-state index is -0.495. The van der Waals surface area contributed by atoms with Gasteiger partial charge in [-0.25, -0.2) is 4.68 Å². The Balaban J connectivity index is 1.70. The van der Waals surface area contributed by atoms with E-state index in [0.29, 0.717) is 17.1 Å². The molecular weight excluding hydrogens is 372 g/mol. The number of rotatable bonds is 6. The largest absolute Gasteiger partial charge is 0.495 e. The van der Waals surface area contributed by atoms with E-state index in [-0.39, 0.29) is 24.0 Å². The van der Waals surface area contributed by atoms with Crippen molar-refractivity contribution < 1.29 is 14.3 Å². The number of amides is 2. The van der Waals surface area contributed by atoms with E-state index in [1.807, 2.05) is 32.0 Å². The number of nitrogens with one attached hydrogen (secondary N) is 2. The predicted octanol–water partition coefficient (Wildman–Crippen LogP) is 2.38. The molecule has 0 fully saturated rings. The van der Waals surface area contributed by atoms with Gasteiger partial charge in [0, 0.05) is 5.69 Å². The van der Waals surface area contributed by atoms with Gasteiger partial charge in [0.15, 0.2) is 11.5 Å². The van der Waals surface area contributed by atoms with Crippen molar-refractivity contribution in [1.29, 1.82) is 0 Å². The fourth-order valence-corrected chi connectivity index (χ4v) is 2.81. The molecule has 0 saturated heterocycles. The van der Waals surface area contributed by atoms with E-state index in [0.717, 1.165) is 11.1 Å². The quantitative estimate of drug-likeness (QED) is 0.590. The van der Waals surface area contributed by atoms with Crippen LogP contribution in [0.2, 0.25) is 0 Å². The van der Waals surface area contributed by atoms with Crippen LogP contribution in [0.25, 0.3) is 0 Å². The molecule has 3 aromatic rings. The summed E-state index contributed by atoms with van der Waals surface area (Å²) in [4.78, 5) is 24.9. The van der Waals surface area contributed by atoms with Crippen LogP contribution in [-0.2, 0) is 11.3 Å². The summed E-state index contributed by atoms with van der Waals surface area (Å²) in [5.41, 5.74) is 9.13. The molecule has 9 nitrogen and oxygen atoms in total. The van der Waals surface area contributed by atoms with Crippen molar-refractivity contribution in [2.24, 2.45) is 0 Å². The van der Waals surface area contributed by atoms with Crippen LogP contribution in [0.3, 0.4) is 0 Å². The average molecular weight is 394 g/mol. The van der Waals surface area contributed by atoms with Crippen molar-refractivity contribution in [2.45, 2.75) is 20.4 Å². The fraction of sp³-hybridized carbons (Fsp3) is 0.200. The molecule has 0 spiro atoms. The van der Waals surface area contributed by atoms with Crippen LogP contribution in [0.1, 0.15) is 21.6 Å². The Hall–Kier alpha value is -3.88. The first-order valence-corrected chi connectivity index (χ1v) is 8.89. The van der Waals surface area contributed by atoms with Gasteiger partial charge >= 0.3 is 0 Å². The monoisotopic (exact) mass is 394 g/mol. The van der Waals surface area contributed by atoms with Gasteiger partial charge in [-0.15, -0.1) is 5.10 Å². The Labute approximate surface area is 167 Å². The molecule has 0 aliphatic heterocycles. The number of ether oxygens (including phenoxy) is 1. The molecule has 29 heavy (non-hydrogen) atoms. The van der Waals surface area contributed by atoms with Crippen LogP contribution in [0.4, 0.5) is 17.2 Å². The predicted molar refractivity (Wildman–Crippen MR) is 110 cm³/mol. The second-order valence-corrected chi connectivity index (χ2v) is 6.50. The normalized spacial score (nSPS) is 10.4. The minimum Gasteiger partial charge on any atom is -0.495 e.